The first-order valence-electron chi connectivity index (χ1n) is 4.29. The molecule has 0 bridgehead atoms. The van der Waals surface area contributed by atoms with Crippen molar-refractivity contribution in [1.82, 2.24) is 9.78 Å². The molecule has 0 spiro atoms. The molecule has 0 fully saturated rings. The van der Waals surface area contributed by atoms with Crippen LogP contribution in [0.25, 0.3) is 0 Å². The van der Waals surface area contributed by atoms with Crippen molar-refractivity contribution < 1.29 is 0 Å². The van der Waals surface area contributed by atoms with Gasteiger partial charge in [-0.2, -0.15) is 5.10 Å². The van der Waals surface area contributed by atoms with Crippen LogP contribution >= 0.6 is 12.2 Å². The third-order valence-electron chi connectivity index (χ3n) is 2.28. The first-order valence-corrected chi connectivity index (χ1v) is 4.70. The van der Waals surface area contributed by atoms with Crippen molar-refractivity contribution in [3.8, 4) is 0 Å². The Balaban J connectivity index is 2.81. The van der Waals surface area contributed by atoms with Crippen molar-refractivity contribution in [3.63, 3.8) is 0 Å². The predicted octanol–water partition coefficient (Wildman–Crippen LogP) is 1.26. The Kier molecular flexibility index (Phi) is 3.03. The first-order chi connectivity index (χ1) is 6.02. The van der Waals surface area contributed by atoms with Crippen molar-refractivity contribution in [3.05, 3.63) is 17.0 Å². The Morgan fingerprint density at radius 3 is 2.54 bits per heavy atom. The van der Waals surface area contributed by atoms with Crippen molar-refractivity contribution in [2.24, 2.45) is 12.8 Å². The normalized spacial score (nSPS) is 10.4. The second-order valence-corrected chi connectivity index (χ2v) is 3.76. The molecule has 0 unspecified atom stereocenters. The van der Waals surface area contributed by atoms with Crippen LogP contribution in [0.5, 0.6) is 0 Å². The van der Waals surface area contributed by atoms with E-state index < -0.39 is 0 Å². The molecule has 0 aliphatic heterocycles. The molecule has 72 valence electrons. The summed E-state index contributed by atoms with van der Waals surface area (Å²) in [5.41, 5.74) is 9.01. The van der Waals surface area contributed by atoms with Gasteiger partial charge in [0.05, 0.1) is 10.7 Å². The van der Waals surface area contributed by atoms with E-state index in [0.29, 0.717) is 4.99 Å². The summed E-state index contributed by atoms with van der Waals surface area (Å²) in [4.78, 5) is 0.572. The highest BCUT2D eigenvalue weighted by Gasteiger charge is 2.08. The molecule has 0 aromatic carbocycles. The van der Waals surface area contributed by atoms with E-state index in [1.54, 1.807) is 0 Å². The zero-order valence-corrected chi connectivity index (χ0v) is 9.11. The summed E-state index contributed by atoms with van der Waals surface area (Å²) >= 11 is 4.84. The number of thiocarbonyl (C=S) groups is 1. The summed E-state index contributed by atoms with van der Waals surface area (Å²) in [6.07, 6.45) is 1.67. The van der Waals surface area contributed by atoms with E-state index in [-0.39, 0.29) is 0 Å². The van der Waals surface area contributed by atoms with E-state index in [0.717, 1.165) is 18.5 Å². The monoisotopic (exact) mass is 197 g/mol. The van der Waals surface area contributed by atoms with Gasteiger partial charge in [-0.1, -0.05) is 12.2 Å². The largest absolute Gasteiger partial charge is 0.393 e. The average molecular weight is 197 g/mol. The molecule has 0 atom stereocenters. The number of hydrogen-bond acceptors (Lipinski definition) is 2. The molecule has 13 heavy (non-hydrogen) atoms. The Morgan fingerprint density at radius 2 is 2.15 bits per heavy atom. The quantitative estimate of drug-likeness (QED) is 0.742. The maximum atomic E-state index is 5.45. The highest BCUT2D eigenvalue weighted by Crippen LogP contribution is 2.13. The molecule has 2 N–H and O–H groups in total. The molecule has 1 aromatic heterocycles. The number of aryl methyl sites for hydroxylation is 2. The molecule has 1 aromatic rings. The van der Waals surface area contributed by atoms with Gasteiger partial charge in [0.1, 0.15) is 0 Å². The van der Waals surface area contributed by atoms with Gasteiger partial charge in [0, 0.05) is 19.2 Å². The van der Waals surface area contributed by atoms with Gasteiger partial charge in [-0.25, -0.2) is 0 Å². The third kappa shape index (κ3) is 2.28. The summed E-state index contributed by atoms with van der Waals surface area (Å²) in [6, 6.07) is 0. The van der Waals surface area contributed by atoms with E-state index in [4.69, 9.17) is 18.0 Å². The van der Waals surface area contributed by atoms with Crippen molar-refractivity contribution in [2.75, 3.05) is 0 Å². The zero-order chi connectivity index (χ0) is 10.0. The van der Waals surface area contributed by atoms with Crippen LogP contribution in [0, 0.1) is 13.8 Å². The maximum Gasteiger partial charge on any atom is 0.0730 e. The SMILES string of the molecule is Cc1nn(C)c(C)c1CCC(N)=S. The first kappa shape index (κ1) is 10.2. The van der Waals surface area contributed by atoms with Gasteiger partial charge < -0.3 is 5.73 Å². The molecule has 0 aliphatic rings. The number of nitrogens with zero attached hydrogens (tertiary/aromatic N) is 2. The molecule has 0 saturated carbocycles. The van der Waals surface area contributed by atoms with Crippen LogP contribution < -0.4 is 5.73 Å². The third-order valence-corrected chi connectivity index (χ3v) is 2.48. The van der Waals surface area contributed by atoms with Crippen LogP contribution in [0.15, 0.2) is 0 Å². The topological polar surface area (TPSA) is 43.8 Å². The van der Waals surface area contributed by atoms with Gasteiger partial charge in [-0.05, 0) is 25.8 Å². The summed E-state index contributed by atoms with van der Waals surface area (Å²) in [7, 11) is 1.95. The Morgan fingerprint density at radius 1 is 1.54 bits per heavy atom. The van der Waals surface area contributed by atoms with Crippen LogP contribution in [0.2, 0.25) is 0 Å². The van der Waals surface area contributed by atoms with E-state index in [1.807, 2.05) is 18.7 Å². The Labute approximate surface area is 83.9 Å². The second kappa shape index (κ2) is 3.87. The smallest absolute Gasteiger partial charge is 0.0730 e. The lowest BCUT2D eigenvalue weighted by atomic mass is 10.1. The molecule has 0 amide bonds. The fourth-order valence-corrected chi connectivity index (χ4v) is 1.53. The molecule has 0 radical (unpaired) electrons. The highest BCUT2D eigenvalue weighted by molar-refractivity contribution is 7.80. The standard InChI is InChI=1S/C9H15N3S/c1-6-8(4-5-9(10)13)7(2)12(3)11-6/h4-5H2,1-3H3,(H2,10,13). The molecule has 0 saturated heterocycles. The predicted molar refractivity (Wildman–Crippen MR) is 57.8 cm³/mol. The number of nitrogens with two attached hydrogens (primary N) is 1. The van der Waals surface area contributed by atoms with Gasteiger partial charge in [-0.3, -0.25) is 4.68 Å². The minimum absolute atomic E-state index is 0.572. The summed E-state index contributed by atoms with van der Waals surface area (Å²) < 4.78 is 1.89. The molecule has 4 heteroatoms. The van der Waals surface area contributed by atoms with Gasteiger partial charge >= 0.3 is 0 Å². The number of aromatic nitrogens is 2. The fourth-order valence-electron chi connectivity index (χ4n) is 1.43. The van der Waals surface area contributed by atoms with Gasteiger partial charge in [-0.15, -0.1) is 0 Å². The summed E-state index contributed by atoms with van der Waals surface area (Å²) in [5, 5.41) is 4.32. The summed E-state index contributed by atoms with van der Waals surface area (Å²) in [6.45, 7) is 4.08. The van der Waals surface area contributed by atoms with Gasteiger partial charge in [0.15, 0.2) is 0 Å². The second-order valence-electron chi connectivity index (χ2n) is 3.24. The van der Waals surface area contributed by atoms with Crippen LogP contribution in [0.1, 0.15) is 23.4 Å². The fraction of sp³-hybridized carbons (Fsp3) is 0.556. The van der Waals surface area contributed by atoms with Crippen molar-refractivity contribution in [1.29, 1.82) is 0 Å². The summed E-state index contributed by atoms with van der Waals surface area (Å²) in [5.74, 6) is 0. The van der Waals surface area contributed by atoms with Gasteiger partial charge in [0.2, 0.25) is 0 Å². The van der Waals surface area contributed by atoms with Crippen LogP contribution in [0.3, 0.4) is 0 Å². The van der Waals surface area contributed by atoms with Crippen molar-refractivity contribution >= 4 is 17.2 Å². The van der Waals surface area contributed by atoms with Gasteiger partial charge in [0.25, 0.3) is 0 Å². The van der Waals surface area contributed by atoms with Crippen LogP contribution in [-0.2, 0) is 13.5 Å². The lowest BCUT2D eigenvalue weighted by Gasteiger charge is -2.00. The van der Waals surface area contributed by atoms with E-state index in [2.05, 4.69) is 12.0 Å². The minimum atomic E-state index is 0.572. The Hall–Kier alpha value is -0.900. The Bertz CT molecular complexity index is 328. The highest BCUT2D eigenvalue weighted by atomic mass is 32.1. The molecular weight excluding hydrogens is 182 g/mol. The average Bonchev–Trinajstić information content (AvgIpc) is 2.24. The maximum absolute atomic E-state index is 5.45. The van der Waals surface area contributed by atoms with E-state index in [9.17, 15) is 0 Å². The van der Waals surface area contributed by atoms with Crippen molar-refractivity contribution in [2.45, 2.75) is 26.7 Å². The van der Waals surface area contributed by atoms with E-state index in [1.165, 1.54) is 11.3 Å². The molecular formula is C9H15N3S. The zero-order valence-electron chi connectivity index (χ0n) is 8.29. The van der Waals surface area contributed by atoms with Crippen LogP contribution in [0.4, 0.5) is 0 Å². The number of hydrogen-bond donors (Lipinski definition) is 1. The van der Waals surface area contributed by atoms with Crippen LogP contribution in [-0.4, -0.2) is 14.8 Å². The molecule has 1 heterocycles. The lowest BCUT2D eigenvalue weighted by Crippen LogP contribution is -2.09. The molecule has 3 nitrogen and oxygen atoms in total. The van der Waals surface area contributed by atoms with E-state index >= 15 is 0 Å². The lowest BCUT2D eigenvalue weighted by molar-refractivity contribution is 0.730. The minimum Gasteiger partial charge on any atom is -0.393 e. The molecule has 1 rings (SSSR count). The molecule has 0 aliphatic carbocycles. The number of rotatable bonds is 3.